The maximum atomic E-state index is 13.5. The molecular formula is C32H31FN4O5. The predicted octanol–water partition coefficient (Wildman–Crippen LogP) is 4.96. The summed E-state index contributed by atoms with van der Waals surface area (Å²) in [5.41, 5.74) is 2.81. The van der Waals surface area contributed by atoms with Crippen molar-refractivity contribution in [3.05, 3.63) is 113 Å². The lowest BCUT2D eigenvalue weighted by molar-refractivity contribution is 0.0766. The molecule has 0 spiro atoms. The molecular weight excluding hydrogens is 539 g/mol. The average molecular weight is 571 g/mol. The van der Waals surface area contributed by atoms with Crippen molar-refractivity contribution in [1.29, 1.82) is 0 Å². The quantitative estimate of drug-likeness (QED) is 0.310. The number of nitrogens with zero attached hydrogens (tertiary/aromatic N) is 2. The van der Waals surface area contributed by atoms with Crippen LogP contribution in [0.3, 0.4) is 0 Å². The highest BCUT2D eigenvalue weighted by atomic mass is 19.1. The molecule has 1 fully saturated rings. The van der Waals surface area contributed by atoms with Crippen LogP contribution in [0.2, 0.25) is 0 Å². The number of carbonyl (C=O) groups excluding carboxylic acids is 3. The van der Waals surface area contributed by atoms with E-state index in [1.54, 1.807) is 73.8 Å². The molecule has 216 valence electrons. The second-order valence-corrected chi connectivity index (χ2v) is 9.83. The lowest BCUT2D eigenvalue weighted by Crippen LogP contribution is -2.36. The molecule has 4 aromatic rings. The van der Waals surface area contributed by atoms with Gasteiger partial charge in [0.1, 0.15) is 11.6 Å². The number of rotatable bonds is 8. The average Bonchev–Trinajstić information content (AvgIpc) is 3.46. The lowest BCUT2D eigenvalue weighted by atomic mass is 10.1. The van der Waals surface area contributed by atoms with Gasteiger partial charge in [-0.05, 0) is 78.7 Å². The molecule has 9 nitrogen and oxygen atoms in total. The van der Waals surface area contributed by atoms with Crippen LogP contribution in [0.5, 0.6) is 5.75 Å². The van der Waals surface area contributed by atoms with Gasteiger partial charge in [0, 0.05) is 49.7 Å². The minimum absolute atomic E-state index is 0.0623. The zero-order chi connectivity index (χ0) is 29.5. The molecule has 2 heterocycles. The van der Waals surface area contributed by atoms with Crippen LogP contribution in [0.25, 0.3) is 0 Å². The van der Waals surface area contributed by atoms with E-state index in [1.807, 2.05) is 4.90 Å². The maximum absolute atomic E-state index is 13.5. The van der Waals surface area contributed by atoms with Gasteiger partial charge in [-0.15, -0.1) is 0 Å². The minimum Gasteiger partial charge on any atom is -0.497 e. The number of anilines is 2. The minimum atomic E-state index is -0.437. The maximum Gasteiger partial charge on any atom is 0.291 e. The van der Waals surface area contributed by atoms with Crippen LogP contribution in [0.1, 0.15) is 43.3 Å². The first kappa shape index (κ1) is 28.4. The van der Waals surface area contributed by atoms with Crippen LogP contribution in [0, 0.1) is 5.82 Å². The number of carbonyl (C=O) groups is 3. The first-order chi connectivity index (χ1) is 20.4. The smallest absolute Gasteiger partial charge is 0.291 e. The van der Waals surface area contributed by atoms with Crippen molar-refractivity contribution in [2.75, 3.05) is 43.5 Å². The molecule has 0 aliphatic carbocycles. The van der Waals surface area contributed by atoms with E-state index < -0.39 is 5.91 Å². The summed E-state index contributed by atoms with van der Waals surface area (Å²) in [7, 11) is 1.58. The van der Waals surface area contributed by atoms with E-state index in [1.165, 1.54) is 18.4 Å². The normalized spacial score (nSPS) is 13.3. The van der Waals surface area contributed by atoms with Gasteiger partial charge in [-0.25, -0.2) is 4.39 Å². The van der Waals surface area contributed by atoms with Gasteiger partial charge >= 0.3 is 0 Å². The van der Waals surface area contributed by atoms with Gasteiger partial charge in [0.25, 0.3) is 17.7 Å². The molecule has 3 aromatic carbocycles. The van der Waals surface area contributed by atoms with Crippen LogP contribution in [0.4, 0.5) is 15.8 Å². The molecule has 1 saturated heterocycles. The Morgan fingerprint density at radius 2 is 1.69 bits per heavy atom. The fraction of sp³-hybridized carbons (Fsp3) is 0.219. The van der Waals surface area contributed by atoms with E-state index in [0.717, 1.165) is 5.56 Å². The number of nitrogens with one attached hydrogen (secondary N) is 2. The van der Waals surface area contributed by atoms with E-state index in [0.29, 0.717) is 60.9 Å². The second kappa shape index (κ2) is 13.0. The first-order valence-corrected chi connectivity index (χ1v) is 13.6. The van der Waals surface area contributed by atoms with E-state index in [2.05, 4.69) is 15.5 Å². The van der Waals surface area contributed by atoms with Crippen molar-refractivity contribution >= 4 is 29.1 Å². The van der Waals surface area contributed by atoms with Gasteiger partial charge in [-0.2, -0.15) is 0 Å². The standard InChI is InChI=1S/C32H31FN4O5/c1-41-26-12-7-23(8-13-26)32(40)37-16-3-15-36(17-18-37)28-14-11-25(35-31(39)29-4-2-19-42-29)20-27(28)30(38)34-21-22-5-9-24(33)10-6-22/h2,4-14,19-20H,3,15-18,21H2,1H3,(H,34,38)(H,35,39). The third-order valence-electron chi connectivity index (χ3n) is 7.07. The summed E-state index contributed by atoms with van der Waals surface area (Å²) >= 11 is 0. The lowest BCUT2D eigenvalue weighted by Gasteiger charge is -2.26. The third kappa shape index (κ3) is 6.77. The Labute approximate surface area is 242 Å². The Bertz CT molecular complexity index is 1540. The van der Waals surface area contributed by atoms with Gasteiger partial charge in [-0.1, -0.05) is 12.1 Å². The molecule has 10 heteroatoms. The van der Waals surface area contributed by atoms with Crippen LogP contribution >= 0.6 is 0 Å². The van der Waals surface area contributed by atoms with E-state index in [4.69, 9.17) is 9.15 Å². The third-order valence-corrected chi connectivity index (χ3v) is 7.07. The monoisotopic (exact) mass is 570 g/mol. The van der Waals surface area contributed by atoms with E-state index in [9.17, 15) is 18.8 Å². The van der Waals surface area contributed by atoms with Crippen molar-refractivity contribution in [3.63, 3.8) is 0 Å². The number of ether oxygens (including phenoxy) is 1. The largest absolute Gasteiger partial charge is 0.497 e. The number of furan rings is 1. The van der Waals surface area contributed by atoms with Crippen LogP contribution in [0.15, 0.2) is 89.5 Å². The molecule has 0 radical (unpaired) electrons. The summed E-state index contributed by atoms with van der Waals surface area (Å²) in [6, 6.07) is 21.3. The van der Waals surface area contributed by atoms with Crippen molar-refractivity contribution in [2.45, 2.75) is 13.0 Å². The molecule has 5 rings (SSSR count). The van der Waals surface area contributed by atoms with Crippen molar-refractivity contribution in [1.82, 2.24) is 10.2 Å². The Balaban J connectivity index is 1.34. The highest BCUT2D eigenvalue weighted by molar-refractivity contribution is 6.05. The van der Waals surface area contributed by atoms with Crippen LogP contribution in [-0.4, -0.2) is 55.9 Å². The molecule has 0 bridgehead atoms. The summed E-state index contributed by atoms with van der Waals surface area (Å²) in [6.45, 7) is 2.38. The predicted molar refractivity (Wildman–Crippen MR) is 156 cm³/mol. The van der Waals surface area contributed by atoms with Crippen molar-refractivity contribution < 1.29 is 27.9 Å². The summed E-state index contributed by atoms with van der Waals surface area (Å²) in [4.78, 5) is 43.2. The van der Waals surface area contributed by atoms with E-state index in [-0.39, 0.29) is 29.9 Å². The van der Waals surface area contributed by atoms with Gasteiger partial charge in [-0.3, -0.25) is 14.4 Å². The molecule has 1 aromatic heterocycles. The topological polar surface area (TPSA) is 104 Å². The SMILES string of the molecule is COc1ccc(C(=O)N2CCCN(c3ccc(NC(=O)c4ccco4)cc3C(=O)NCc3ccc(F)cc3)CC2)cc1. The Morgan fingerprint density at radius 1 is 0.905 bits per heavy atom. The molecule has 1 aliphatic rings. The number of halogens is 1. The molecule has 2 N–H and O–H groups in total. The van der Waals surface area contributed by atoms with Gasteiger partial charge < -0.3 is 29.6 Å². The van der Waals surface area contributed by atoms with E-state index >= 15 is 0 Å². The second-order valence-electron chi connectivity index (χ2n) is 9.83. The van der Waals surface area contributed by atoms with Gasteiger partial charge in [0.05, 0.1) is 18.9 Å². The molecule has 0 saturated carbocycles. The first-order valence-electron chi connectivity index (χ1n) is 13.6. The Hall–Kier alpha value is -5.12. The Kier molecular flexibility index (Phi) is 8.81. The zero-order valence-corrected chi connectivity index (χ0v) is 23.1. The molecule has 3 amide bonds. The van der Waals surface area contributed by atoms with Crippen molar-refractivity contribution in [3.8, 4) is 5.75 Å². The summed E-state index contributed by atoms with van der Waals surface area (Å²) in [5.74, 6) is -0.370. The fourth-order valence-corrected chi connectivity index (χ4v) is 4.83. The van der Waals surface area contributed by atoms with Crippen molar-refractivity contribution in [2.24, 2.45) is 0 Å². The molecule has 0 atom stereocenters. The number of hydrogen-bond donors (Lipinski definition) is 2. The number of methoxy groups -OCH3 is 1. The van der Waals surface area contributed by atoms with Crippen LogP contribution < -0.4 is 20.3 Å². The number of amides is 3. The highest BCUT2D eigenvalue weighted by Crippen LogP contribution is 2.27. The fourth-order valence-electron chi connectivity index (χ4n) is 4.83. The Morgan fingerprint density at radius 3 is 2.40 bits per heavy atom. The van der Waals surface area contributed by atoms with Crippen LogP contribution in [-0.2, 0) is 6.54 Å². The number of hydrogen-bond acceptors (Lipinski definition) is 6. The molecule has 42 heavy (non-hydrogen) atoms. The summed E-state index contributed by atoms with van der Waals surface area (Å²) < 4.78 is 23.7. The molecule has 1 aliphatic heterocycles. The molecule has 0 unspecified atom stereocenters. The number of benzene rings is 3. The van der Waals surface area contributed by atoms with Gasteiger partial charge in [0.2, 0.25) is 0 Å². The highest BCUT2D eigenvalue weighted by Gasteiger charge is 2.24. The van der Waals surface area contributed by atoms with Gasteiger partial charge in [0.15, 0.2) is 5.76 Å². The summed E-state index contributed by atoms with van der Waals surface area (Å²) in [6.07, 6.45) is 2.11. The summed E-state index contributed by atoms with van der Waals surface area (Å²) in [5, 5.41) is 5.68. The zero-order valence-electron chi connectivity index (χ0n) is 23.1.